The summed E-state index contributed by atoms with van der Waals surface area (Å²) in [4.78, 5) is 23.0. The second kappa shape index (κ2) is 13.5. The van der Waals surface area contributed by atoms with Crippen molar-refractivity contribution >= 4 is 174 Å². The zero-order valence-electron chi connectivity index (χ0n) is 35.8. The fourth-order valence-electron chi connectivity index (χ4n) is 12.0. The number of aromatic nitrogens is 2. The summed E-state index contributed by atoms with van der Waals surface area (Å²) < 4.78 is 27.4. The van der Waals surface area contributed by atoms with Gasteiger partial charge < -0.3 is 0 Å². The maximum atomic E-state index is 9.26. The zero-order chi connectivity index (χ0) is 45.7. The first kappa shape index (κ1) is 43.4. The number of benzene rings is 4. The Balaban J connectivity index is 1.54. The van der Waals surface area contributed by atoms with Crippen molar-refractivity contribution in [3.8, 4) is 0 Å². The summed E-state index contributed by atoms with van der Waals surface area (Å²) in [6.45, 7) is 13.4. The molecule has 0 N–H and O–H groups in total. The van der Waals surface area contributed by atoms with Gasteiger partial charge in [-0.25, -0.2) is 0 Å². The molecule has 2 aromatic heterocycles. The van der Waals surface area contributed by atoms with Crippen LogP contribution in [0.3, 0.4) is 0 Å². The first-order valence-electron chi connectivity index (χ1n) is 21.8. The third-order valence-electron chi connectivity index (χ3n) is 15.4. The average molecular weight is 1080 g/mol. The molecule has 0 amide bonds. The maximum absolute atomic E-state index is 9.26. The second-order valence-corrected chi connectivity index (χ2v) is 36.2. The van der Waals surface area contributed by atoms with Gasteiger partial charge in [-0.2, -0.15) is 0 Å². The van der Waals surface area contributed by atoms with Crippen molar-refractivity contribution in [3.05, 3.63) is 122 Å². The van der Waals surface area contributed by atoms with Crippen molar-refractivity contribution in [2.24, 2.45) is 20.0 Å². The van der Waals surface area contributed by atoms with E-state index < -0.39 is 24.4 Å². The summed E-state index contributed by atoms with van der Waals surface area (Å²) in [5, 5.41) is 5.57. The Bertz CT molecular complexity index is 3400. The SMILES string of the molecule is CC[Si](CC)(CC)O[Si-2]123(O[Si](CC)(CC)CC)n4c5c6cc(Cl)c(Cl)cc6c4N=C4c6cc(Cl)c(Cl)cc6C(=[N+]41)N=c1c4cc(Cl)c(Cl)cc4c(n12)=NC1=[N+]3C(=N5)c2cc(Cl)c(Cl)cc21. The third kappa shape index (κ3) is 4.62. The Hall–Kier alpha value is -2.87. The van der Waals surface area contributed by atoms with Gasteiger partial charge in [0.05, 0.1) is 0 Å². The number of hydrogen-bond acceptors (Lipinski definition) is 6. The molecule has 8 heterocycles. The van der Waals surface area contributed by atoms with Gasteiger partial charge in [0.2, 0.25) is 0 Å². The first-order chi connectivity index (χ1) is 31.0. The molecule has 65 heavy (non-hydrogen) atoms. The number of amidine groups is 4. The van der Waals surface area contributed by atoms with Crippen molar-refractivity contribution in [2.75, 3.05) is 0 Å². The summed E-state index contributed by atoms with van der Waals surface area (Å²) in [5.74, 6) is 3.10. The molecule has 6 aliphatic heterocycles. The van der Waals surface area contributed by atoms with Crippen LogP contribution < -0.4 is 11.0 Å². The van der Waals surface area contributed by atoms with E-state index in [1.807, 2.05) is 48.5 Å². The van der Waals surface area contributed by atoms with Gasteiger partial charge in [0.25, 0.3) is 0 Å². The fraction of sp³-hybridized carbons (Fsp3) is 0.273. The van der Waals surface area contributed by atoms with Gasteiger partial charge in [-0.1, -0.05) is 0 Å². The predicted molar refractivity (Wildman–Crippen MR) is 273 cm³/mol. The molecule has 21 heteroatoms. The van der Waals surface area contributed by atoms with Crippen molar-refractivity contribution in [3.63, 3.8) is 0 Å². The Morgan fingerprint density at radius 1 is 0.431 bits per heavy atom. The monoisotopic (exact) mass is 1070 g/mol. The number of fused-ring (bicyclic) bond motifs is 12. The van der Waals surface area contributed by atoms with Gasteiger partial charge in [-0.15, -0.1) is 0 Å². The summed E-state index contributed by atoms with van der Waals surface area (Å²) >= 11 is 56.5. The van der Waals surface area contributed by atoms with E-state index in [1.54, 1.807) is 0 Å². The molecular weight excluding hydrogens is 1040 g/mol. The molecule has 4 aromatic carbocycles. The molecule has 10 nitrogen and oxygen atoms in total. The molecule has 0 radical (unpaired) electrons. The Morgan fingerprint density at radius 2 is 0.738 bits per heavy atom. The molecule has 6 aliphatic rings. The fourth-order valence-corrected chi connectivity index (χ4v) is 37.1. The van der Waals surface area contributed by atoms with Crippen LogP contribution in [0.5, 0.6) is 0 Å². The van der Waals surface area contributed by atoms with Crippen LogP contribution in [0.1, 0.15) is 63.8 Å². The topological polar surface area (TPSA) is 83.8 Å². The average Bonchev–Trinajstić information content (AvgIpc) is 3.98. The van der Waals surface area contributed by atoms with Gasteiger partial charge in [0.1, 0.15) is 0 Å². The van der Waals surface area contributed by atoms with E-state index in [0.717, 1.165) is 36.3 Å². The van der Waals surface area contributed by atoms with E-state index in [2.05, 4.69) is 58.5 Å². The van der Waals surface area contributed by atoms with Crippen LogP contribution in [0.2, 0.25) is 76.4 Å². The zero-order valence-corrected chi connectivity index (χ0v) is 44.8. The number of nitrogens with zero attached hydrogens (tertiary/aromatic N) is 8. The van der Waals surface area contributed by atoms with E-state index in [0.29, 0.717) is 130 Å². The summed E-state index contributed by atoms with van der Waals surface area (Å²) in [5.41, 5.74) is 3.81. The van der Waals surface area contributed by atoms with Gasteiger partial charge >= 0.3 is 419 Å². The third-order valence-corrected chi connectivity index (χ3v) is 38.6. The van der Waals surface area contributed by atoms with E-state index in [9.17, 15) is 8.23 Å². The van der Waals surface area contributed by atoms with Gasteiger partial charge in [-0.05, 0) is 0 Å². The number of hydrogen-bond donors (Lipinski definition) is 0. The molecule has 0 unspecified atom stereocenters. The van der Waals surface area contributed by atoms with Gasteiger partial charge in [0.15, 0.2) is 0 Å². The predicted octanol–water partition coefficient (Wildman–Crippen LogP) is 13.6. The first-order valence-corrected chi connectivity index (χ1v) is 32.5. The molecule has 1 spiro atoms. The molecule has 0 fully saturated rings. The van der Waals surface area contributed by atoms with E-state index in [-0.39, 0.29) is 0 Å². The summed E-state index contributed by atoms with van der Waals surface area (Å²) in [6.07, 6.45) is 0. The van der Waals surface area contributed by atoms with E-state index in [4.69, 9.17) is 113 Å². The molecular formula is C44H38Cl8N8O2Si3. The number of rotatable bonds is 10. The molecule has 0 atom stereocenters. The van der Waals surface area contributed by atoms with Gasteiger partial charge in [-0.3, -0.25) is 0 Å². The second-order valence-electron chi connectivity index (χ2n) is 17.7. The van der Waals surface area contributed by atoms with E-state index >= 15 is 0 Å². The van der Waals surface area contributed by atoms with Crippen molar-refractivity contribution in [2.45, 2.75) is 77.8 Å². The molecule has 0 saturated heterocycles. The number of aliphatic imine (C=N–C) groups is 2. The minimum absolute atomic E-state index is 0.349. The molecule has 6 aromatic rings. The van der Waals surface area contributed by atoms with E-state index in [1.165, 1.54) is 0 Å². The molecule has 0 saturated carbocycles. The summed E-state index contributed by atoms with van der Waals surface area (Å²) in [6, 6.07) is 19.3. The Kier molecular flexibility index (Phi) is 8.99. The van der Waals surface area contributed by atoms with Crippen molar-refractivity contribution in [1.29, 1.82) is 0 Å². The van der Waals surface area contributed by atoms with Gasteiger partial charge in [0, 0.05) is 0 Å². The number of halogens is 8. The van der Waals surface area contributed by atoms with Crippen molar-refractivity contribution in [1.82, 2.24) is 8.47 Å². The molecule has 12 rings (SSSR count). The van der Waals surface area contributed by atoms with Crippen LogP contribution in [0, 0.1) is 0 Å². The quantitative estimate of drug-likeness (QED) is 0.128. The normalized spacial score (nSPS) is 19.4. The van der Waals surface area contributed by atoms with Crippen LogP contribution in [0.4, 0.5) is 11.6 Å². The molecule has 0 bridgehead atoms. The van der Waals surface area contributed by atoms with Crippen LogP contribution in [-0.2, 0) is 8.23 Å². The Morgan fingerprint density at radius 3 is 1.08 bits per heavy atom. The van der Waals surface area contributed by atoms with Crippen LogP contribution in [0.25, 0.3) is 21.5 Å². The van der Waals surface area contributed by atoms with Crippen LogP contribution in [-0.4, -0.2) is 64.7 Å². The Labute approximate surface area is 415 Å². The molecule has 0 aliphatic carbocycles. The van der Waals surface area contributed by atoms with Crippen molar-refractivity contribution < 1.29 is 16.7 Å². The molecule has 334 valence electrons. The van der Waals surface area contributed by atoms with Crippen LogP contribution in [0.15, 0.2) is 68.5 Å². The standard InChI is InChI=1S/C44H38Cl8N8O2Si3/c1-7-63(8-2,9-3)61-65(62-64(10-4,11-5)12-6)57-37-21-13-29(45)30(46)14-22(21)38(57)54-40-25-17-33(49)34(50)18-26(25)42(59(40)65)56-44-28-20-36(52)35(51)19-27(28)43(60(44)65)55-41-24-16-32(48)31(47)15-23(24)39(53-37)58(41)65/h13-20H,7-12H2,1-6H3. The van der Waals surface area contributed by atoms with Crippen LogP contribution >= 0.6 is 92.8 Å². The summed E-state index contributed by atoms with van der Waals surface area (Å²) in [7, 11) is -13.3. The minimum atomic E-state index is -7.06.